The summed E-state index contributed by atoms with van der Waals surface area (Å²) in [7, 11) is 0. The first-order valence-corrected chi connectivity index (χ1v) is 6.80. The Balaban J connectivity index is 2.28. The molecular formula is C15H15BrFNO. The average Bonchev–Trinajstić information content (AvgIpc) is 2.40. The zero-order valence-corrected chi connectivity index (χ0v) is 11.8. The minimum Gasteiger partial charge on any atom is -0.388 e. The zero-order valence-electron chi connectivity index (χ0n) is 10.3. The summed E-state index contributed by atoms with van der Waals surface area (Å²) in [6.07, 6.45) is -0.750. The summed E-state index contributed by atoms with van der Waals surface area (Å²) >= 11 is 3.40. The summed E-state index contributed by atoms with van der Waals surface area (Å²) in [4.78, 5) is 0. The molecule has 19 heavy (non-hydrogen) atoms. The quantitative estimate of drug-likeness (QED) is 0.906. The van der Waals surface area contributed by atoms with Crippen LogP contribution in [0.4, 0.5) is 4.39 Å². The Labute approximate surface area is 120 Å². The van der Waals surface area contributed by atoms with Crippen LogP contribution in [0.3, 0.4) is 0 Å². The predicted octanol–water partition coefficient (Wildman–Crippen LogP) is 3.36. The van der Waals surface area contributed by atoms with Gasteiger partial charge in [-0.2, -0.15) is 0 Å². The van der Waals surface area contributed by atoms with E-state index in [1.807, 2.05) is 24.3 Å². The van der Waals surface area contributed by atoms with Crippen LogP contribution in [0, 0.1) is 5.82 Å². The molecule has 2 rings (SSSR count). The molecule has 0 radical (unpaired) electrons. The van der Waals surface area contributed by atoms with E-state index >= 15 is 0 Å². The minimum absolute atomic E-state index is 0.219. The van der Waals surface area contributed by atoms with Crippen molar-refractivity contribution in [2.24, 2.45) is 5.73 Å². The average molecular weight is 324 g/mol. The lowest BCUT2D eigenvalue weighted by atomic mass is 9.89. The van der Waals surface area contributed by atoms with E-state index < -0.39 is 6.10 Å². The highest BCUT2D eigenvalue weighted by Crippen LogP contribution is 2.31. The summed E-state index contributed by atoms with van der Waals surface area (Å²) in [5.41, 5.74) is 7.39. The van der Waals surface area contributed by atoms with Crippen LogP contribution in [0.25, 0.3) is 0 Å². The highest BCUT2D eigenvalue weighted by Gasteiger charge is 2.21. The lowest BCUT2D eigenvalue weighted by Gasteiger charge is -2.22. The Hall–Kier alpha value is -1.23. The Kier molecular flexibility index (Phi) is 4.69. The van der Waals surface area contributed by atoms with Crippen LogP contribution in [-0.4, -0.2) is 11.7 Å². The number of benzene rings is 2. The van der Waals surface area contributed by atoms with Crippen molar-refractivity contribution < 1.29 is 9.50 Å². The van der Waals surface area contributed by atoms with Gasteiger partial charge in [0.1, 0.15) is 5.82 Å². The smallest absolute Gasteiger partial charge is 0.123 e. The maximum atomic E-state index is 12.9. The first-order chi connectivity index (χ1) is 9.11. The molecule has 100 valence electrons. The highest BCUT2D eigenvalue weighted by molar-refractivity contribution is 9.10. The van der Waals surface area contributed by atoms with Crippen molar-refractivity contribution in [2.75, 3.05) is 6.54 Å². The SMILES string of the molecule is NCC(c1cccc(Br)c1)C(O)c1ccc(F)cc1. The molecule has 2 aromatic rings. The van der Waals surface area contributed by atoms with Crippen LogP contribution in [0.5, 0.6) is 0 Å². The van der Waals surface area contributed by atoms with E-state index in [0.717, 1.165) is 10.0 Å². The first-order valence-electron chi connectivity index (χ1n) is 6.01. The van der Waals surface area contributed by atoms with Crippen molar-refractivity contribution in [3.8, 4) is 0 Å². The number of rotatable bonds is 4. The largest absolute Gasteiger partial charge is 0.388 e. The molecule has 3 N–H and O–H groups in total. The summed E-state index contributed by atoms with van der Waals surface area (Å²) in [5, 5.41) is 10.4. The third kappa shape index (κ3) is 3.41. The van der Waals surface area contributed by atoms with Crippen LogP contribution in [0.15, 0.2) is 53.0 Å². The molecule has 0 bridgehead atoms. The number of halogens is 2. The van der Waals surface area contributed by atoms with Gasteiger partial charge < -0.3 is 10.8 Å². The van der Waals surface area contributed by atoms with Gasteiger partial charge in [0, 0.05) is 16.9 Å². The minimum atomic E-state index is -0.750. The second-order valence-electron chi connectivity index (χ2n) is 4.39. The Morgan fingerprint density at radius 1 is 1.11 bits per heavy atom. The molecule has 0 spiro atoms. The standard InChI is InChI=1S/C15H15BrFNO/c16-12-3-1-2-11(8-12)14(9-18)15(19)10-4-6-13(17)7-5-10/h1-8,14-15,19H,9,18H2. The van der Waals surface area contributed by atoms with Gasteiger partial charge in [-0.05, 0) is 35.4 Å². The molecule has 2 atom stereocenters. The fraction of sp³-hybridized carbons (Fsp3) is 0.200. The predicted molar refractivity (Wildman–Crippen MR) is 77.3 cm³/mol. The normalized spacial score (nSPS) is 14.1. The Bertz CT molecular complexity index is 544. The van der Waals surface area contributed by atoms with Crippen LogP contribution >= 0.6 is 15.9 Å². The summed E-state index contributed by atoms with van der Waals surface area (Å²) in [5.74, 6) is -0.536. The van der Waals surface area contributed by atoms with Crippen molar-refractivity contribution in [1.29, 1.82) is 0 Å². The highest BCUT2D eigenvalue weighted by atomic mass is 79.9. The molecule has 2 unspecified atom stereocenters. The molecule has 0 fully saturated rings. The molecule has 4 heteroatoms. The van der Waals surface area contributed by atoms with Gasteiger partial charge in [-0.25, -0.2) is 4.39 Å². The first kappa shape index (κ1) is 14.2. The molecule has 0 amide bonds. The number of hydrogen-bond acceptors (Lipinski definition) is 2. The van der Waals surface area contributed by atoms with E-state index in [-0.39, 0.29) is 11.7 Å². The van der Waals surface area contributed by atoms with Gasteiger partial charge in [0.15, 0.2) is 0 Å². The number of aliphatic hydroxyl groups is 1. The topological polar surface area (TPSA) is 46.2 Å². The van der Waals surface area contributed by atoms with Crippen LogP contribution in [0.1, 0.15) is 23.1 Å². The van der Waals surface area contributed by atoms with E-state index in [0.29, 0.717) is 12.1 Å². The van der Waals surface area contributed by atoms with E-state index in [2.05, 4.69) is 15.9 Å². The summed E-state index contributed by atoms with van der Waals surface area (Å²) < 4.78 is 13.8. The molecule has 0 aromatic heterocycles. The van der Waals surface area contributed by atoms with Gasteiger partial charge in [0.25, 0.3) is 0 Å². The fourth-order valence-electron chi connectivity index (χ4n) is 2.08. The van der Waals surface area contributed by atoms with Crippen molar-refractivity contribution in [3.63, 3.8) is 0 Å². The molecule has 0 saturated carbocycles. The van der Waals surface area contributed by atoms with Crippen molar-refractivity contribution in [2.45, 2.75) is 12.0 Å². The maximum absolute atomic E-state index is 12.9. The lowest BCUT2D eigenvalue weighted by Crippen LogP contribution is -2.20. The monoisotopic (exact) mass is 323 g/mol. The van der Waals surface area contributed by atoms with Gasteiger partial charge in [0.2, 0.25) is 0 Å². The van der Waals surface area contributed by atoms with E-state index in [1.165, 1.54) is 12.1 Å². The number of aliphatic hydroxyl groups excluding tert-OH is 1. The second-order valence-corrected chi connectivity index (χ2v) is 5.31. The number of hydrogen-bond donors (Lipinski definition) is 2. The lowest BCUT2D eigenvalue weighted by molar-refractivity contribution is 0.147. The van der Waals surface area contributed by atoms with Crippen LogP contribution in [-0.2, 0) is 0 Å². The molecule has 0 saturated heterocycles. The van der Waals surface area contributed by atoms with Gasteiger partial charge in [-0.15, -0.1) is 0 Å². The van der Waals surface area contributed by atoms with Crippen LogP contribution in [0.2, 0.25) is 0 Å². The van der Waals surface area contributed by atoms with E-state index in [9.17, 15) is 9.50 Å². The molecule has 0 heterocycles. The van der Waals surface area contributed by atoms with Gasteiger partial charge in [-0.3, -0.25) is 0 Å². The van der Waals surface area contributed by atoms with Gasteiger partial charge in [0.05, 0.1) is 6.10 Å². The Morgan fingerprint density at radius 3 is 2.37 bits per heavy atom. The number of nitrogens with two attached hydrogens (primary N) is 1. The van der Waals surface area contributed by atoms with Crippen LogP contribution < -0.4 is 5.73 Å². The summed E-state index contributed by atoms with van der Waals surface area (Å²) in [6, 6.07) is 13.5. The fourth-order valence-corrected chi connectivity index (χ4v) is 2.49. The van der Waals surface area contributed by atoms with Crippen molar-refractivity contribution in [1.82, 2.24) is 0 Å². The van der Waals surface area contributed by atoms with E-state index in [1.54, 1.807) is 12.1 Å². The molecule has 0 aliphatic rings. The Morgan fingerprint density at radius 2 is 1.79 bits per heavy atom. The molecular weight excluding hydrogens is 309 g/mol. The van der Waals surface area contributed by atoms with Crippen molar-refractivity contribution in [3.05, 3.63) is 69.9 Å². The van der Waals surface area contributed by atoms with Crippen molar-refractivity contribution >= 4 is 15.9 Å². The molecule has 2 aromatic carbocycles. The summed E-state index contributed by atoms with van der Waals surface area (Å²) in [6.45, 7) is 0.314. The van der Waals surface area contributed by atoms with E-state index in [4.69, 9.17) is 5.73 Å². The molecule has 0 aliphatic carbocycles. The maximum Gasteiger partial charge on any atom is 0.123 e. The molecule has 0 aliphatic heterocycles. The second kappa shape index (κ2) is 6.28. The third-order valence-electron chi connectivity index (χ3n) is 3.12. The molecule has 2 nitrogen and oxygen atoms in total. The third-order valence-corrected chi connectivity index (χ3v) is 3.62. The zero-order chi connectivity index (χ0) is 13.8. The van der Waals surface area contributed by atoms with Gasteiger partial charge >= 0.3 is 0 Å². The van der Waals surface area contributed by atoms with Gasteiger partial charge in [-0.1, -0.05) is 40.2 Å².